The molecule has 4 aromatic rings. The van der Waals surface area contributed by atoms with Crippen molar-refractivity contribution in [2.75, 3.05) is 24.7 Å². The molecule has 2 heterocycles. The second-order valence-corrected chi connectivity index (χ2v) is 9.39. The van der Waals surface area contributed by atoms with Gasteiger partial charge in [-0.15, -0.1) is 0 Å². The lowest BCUT2D eigenvalue weighted by Gasteiger charge is -2.18. The zero-order chi connectivity index (χ0) is 25.1. The maximum absolute atomic E-state index is 13.0. The molecule has 1 amide bonds. The summed E-state index contributed by atoms with van der Waals surface area (Å²) in [5.74, 6) is 2.86. The Morgan fingerprint density at radius 1 is 0.944 bits per heavy atom. The number of rotatable bonds is 9. The minimum atomic E-state index is 0.0390. The molecular weight excluding hydrogens is 450 g/mol. The molecule has 0 bridgehead atoms. The fourth-order valence-corrected chi connectivity index (χ4v) is 4.88. The SMILES string of the molecule is CCOc1ccc(N2CC(c3nc4ccccc4n3CCCOc3ccc(C)c(C)c3)CC2=O)cc1. The van der Waals surface area contributed by atoms with Crippen molar-refractivity contribution in [2.45, 2.75) is 46.1 Å². The maximum Gasteiger partial charge on any atom is 0.227 e. The highest BCUT2D eigenvalue weighted by Gasteiger charge is 2.34. The Hall–Kier alpha value is -3.80. The van der Waals surface area contributed by atoms with E-state index in [9.17, 15) is 4.79 Å². The lowest BCUT2D eigenvalue weighted by Crippen LogP contribution is -2.24. The molecule has 1 aliphatic heterocycles. The van der Waals surface area contributed by atoms with Crippen molar-refractivity contribution in [1.29, 1.82) is 0 Å². The Labute approximate surface area is 212 Å². The van der Waals surface area contributed by atoms with Gasteiger partial charge in [0, 0.05) is 31.1 Å². The predicted molar refractivity (Wildman–Crippen MR) is 143 cm³/mol. The third-order valence-electron chi connectivity index (χ3n) is 6.91. The zero-order valence-corrected chi connectivity index (χ0v) is 21.2. The lowest BCUT2D eigenvalue weighted by molar-refractivity contribution is -0.117. The van der Waals surface area contributed by atoms with Crippen LogP contribution in [-0.2, 0) is 11.3 Å². The molecule has 0 aliphatic carbocycles. The number of aromatic nitrogens is 2. The molecule has 1 fully saturated rings. The first-order valence-corrected chi connectivity index (χ1v) is 12.7. The average Bonchev–Trinajstić information content (AvgIpc) is 3.45. The second kappa shape index (κ2) is 10.4. The van der Waals surface area contributed by atoms with Crippen LogP contribution in [-0.4, -0.2) is 35.2 Å². The summed E-state index contributed by atoms with van der Waals surface area (Å²) >= 11 is 0. The third-order valence-corrected chi connectivity index (χ3v) is 6.91. The molecule has 0 spiro atoms. The van der Waals surface area contributed by atoms with Gasteiger partial charge in [0.15, 0.2) is 0 Å². The molecule has 186 valence electrons. The number of para-hydroxylation sites is 2. The third kappa shape index (κ3) is 4.94. The Morgan fingerprint density at radius 2 is 1.72 bits per heavy atom. The van der Waals surface area contributed by atoms with Crippen LogP contribution in [0.1, 0.15) is 42.6 Å². The molecule has 3 aromatic carbocycles. The van der Waals surface area contributed by atoms with Gasteiger partial charge in [-0.2, -0.15) is 0 Å². The van der Waals surface area contributed by atoms with Crippen LogP contribution in [0.4, 0.5) is 5.69 Å². The Bertz CT molecular complexity index is 1360. The van der Waals surface area contributed by atoms with Gasteiger partial charge >= 0.3 is 0 Å². The summed E-state index contributed by atoms with van der Waals surface area (Å²) in [6.45, 7) is 8.82. The molecule has 0 saturated carbocycles. The fourth-order valence-electron chi connectivity index (χ4n) is 4.88. The van der Waals surface area contributed by atoms with E-state index in [-0.39, 0.29) is 11.8 Å². The molecule has 0 radical (unpaired) electrons. The van der Waals surface area contributed by atoms with Crippen LogP contribution in [0.3, 0.4) is 0 Å². The van der Waals surface area contributed by atoms with Crippen molar-refractivity contribution in [3.05, 3.63) is 83.7 Å². The number of imidazole rings is 1. The van der Waals surface area contributed by atoms with Crippen LogP contribution in [0.25, 0.3) is 11.0 Å². The van der Waals surface area contributed by atoms with E-state index in [4.69, 9.17) is 14.5 Å². The molecule has 6 nitrogen and oxygen atoms in total. The van der Waals surface area contributed by atoms with Gasteiger partial charge in [0.2, 0.25) is 5.91 Å². The van der Waals surface area contributed by atoms with Gasteiger partial charge in [-0.3, -0.25) is 4.79 Å². The van der Waals surface area contributed by atoms with E-state index in [2.05, 4.69) is 36.6 Å². The lowest BCUT2D eigenvalue weighted by atomic mass is 10.1. The van der Waals surface area contributed by atoms with Crippen molar-refractivity contribution in [1.82, 2.24) is 9.55 Å². The van der Waals surface area contributed by atoms with Gasteiger partial charge < -0.3 is 18.9 Å². The Kier molecular flexibility index (Phi) is 6.94. The van der Waals surface area contributed by atoms with E-state index in [1.807, 2.05) is 60.4 Å². The normalized spacial score (nSPS) is 15.6. The molecule has 1 aromatic heterocycles. The minimum Gasteiger partial charge on any atom is -0.494 e. The van der Waals surface area contributed by atoms with Crippen molar-refractivity contribution in [3.8, 4) is 11.5 Å². The average molecular weight is 484 g/mol. The summed E-state index contributed by atoms with van der Waals surface area (Å²) in [4.78, 5) is 19.8. The van der Waals surface area contributed by atoms with Gasteiger partial charge in [-0.1, -0.05) is 18.2 Å². The molecule has 1 saturated heterocycles. The fraction of sp³-hybridized carbons (Fsp3) is 0.333. The van der Waals surface area contributed by atoms with Crippen LogP contribution in [0, 0.1) is 13.8 Å². The van der Waals surface area contributed by atoms with Crippen molar-refractivity contribution >= 4 is 22.6 Å². The second-order valence-electron chi connectivity index (χ2n) is 9.39. The summed E-state index contributed by atoms with van der Waals surface area (Å²) in [5.41, 5.74) is 5.47. The van der Waals surface area contributed by atoms with E-state index in [0.717, 1.165) is 47.0 Å². The molecule has 1 unspecified atom stereocenters. The first-order valence-electron chi connectivity index (χ1n) is 12.7. The van der Waals surface area contributed by atoms with Gasteiger partial charge in [0.25, 0.3) is 0 Å². The van der Waals surface area contributed by atoms with Crippen molar-refractivity contribution < 1.29 is 14.3 Å². The van der Waals surface area contributed by atoms with Gasteiger partial charge in [0.1, 0.15) is 17.3 Å². The van der Waals surface area contributed by atoms with E-state index in [0.29, 0.717) is 26.2 Å². The van der Waals surface area contributed by atoms with Crippen LogP contribution >= 0.6 is 0 Å². The molecule has 6 heteroatoms. The number of hydrogen-bond donors (Lipinski definition) is 0. The number of nitrogens with zero attached hydrogens (tertiary/aromatic N) is 3. The number of fused-ring (bicyclic) bond motifs is 1. The number of ether oxygens (including phenoxy) is 2. The molecule has 1 atom stereocenters. The first-order chi connectivity index (χ1) is 17.5. The summed E-state index contributed by atoms with van der Waals surface area (Å²) < 4.78 is 13.9. The molecule has 0 N–H and O–H groups in total. The minimum absolute atomic E-state index is 0.0390. The van der Waals surface area contributed by atoms with Crippen LogP contribution in [0.5, 0.6) is 11.5 Å². The summed E-state index contributed by atoms with van der Waals surface area (Å²) in [7, 11) is 0. The largest absolute Gasteiger partial charge is 0.494 e. The van der Waals surface area contributed by atoms with Gasteiger partial charge in [-0.05, 0) is 86.8 Å². The summed E-state index contributed by atoms with van der Waals surface area (Å²) in [6, 6.07) is 22.2. The van der Waals surface area contributed by atoms with Crippen molar-refractivity contribution in [2.24, 2.45) is 0 Å². The van der Waals surface area contributed by atoms with E-state index < -0.39 is 0 Å². The highest BCUT2D eigenvalue weighted by atomic mass is 16.5. The number of benzene rings is 3. The molecule has 5 rings (SSSR count). The van der Waals surface area contributed by atoms with Gasteiger partial charge in [0.05, 0.1) is 24.2 Å². The van der Waals surface area contributed by atoms with Crippen LogP contribution in [0.15, 0.2) is 66.7 Å². The highest BCUT2D eigenvalue weighted by molar-refractivity contribution is 5.96. The number of aryl methyl sites for hydroxylation is 3. The number of carbonyl (C=O) groups is 1. The first kappa shape index (κ1) is 23.9. The smallest absolute Gasteiger partial charge is 0.227 e. The summed E-state index contributed by atoms with van der Waals surface area (Å²) in [5, 5.41) is 0. The number of anilines is 1. The highest BCUT2D eigenvalue weighted by Crippen LogP contribution is 2.34. The molecule has 36 heavy (non-hydrogen) atoms. The Balaban J connectivity index is 1.31. The van der Waals surface area contributed by atoms with Crippen LogP contribution in [0.2, 0.25) is 0 Å². The standard InChI is InChI=1S/C30H33N3O3/c1-4-35-25-14-11-24(12-15-25)33-20-23(19-29(33)34)30-31-27-8-5-6-9-28(27)32(30)16-7-17-36-26-13-10-21(2)22(3)18-26/h5-6,8-15,18,23H,4,7,16-17,19-20H2,1-3H3. The Morgan fingerprint density at radius 3 is 2.50 bits per heavy atom. The summed E-state index contributed by atoms with van der Waals surface area (Å²) in [6.07, 6.45) is 1.30. The van der Waals surface area contributed by atoms with E-state index in [1.165, 1.54) is 11.1 Å². The maximum atomic E-state index is 13.0. The zero-order valence-electron chi connectivity index (χ0n) is 21.2. The van der Waals surface area contributed by atoms with E-state index >= 15 is 0 Å². The molecular formula is C30H33N3O3. The monoisotopic (exact) mass is 483 g/mol. The van der Waals surface area contributed by atoms with E-state index in [1.54, 1.807) is 0 Å². The van der Waals surface area contributed by atoms with Crippen molar-refractivity contribution in [3.63, 3.8) is 0 Å². The number of amides is 1. The predicted octanol–water partition coefficient (Wildman–Crippen LogP) is 6.04. The molecule has 1 aliphatic rings. The topological polar surface area (TPSA) is 56.6 Å². The quantitative estimate of drug-likeness (QED) is 0.272. The van der Waals surface area contributed by atoms with Crippen LogP contribution < -0.4 is 14.4 Å². The number of carbonyl (C=O) groups excluding carboxylic acids is 1. The van der Waals surface area contributed by atoms with Gasteiger partial charge in [-0.25, -0.2) is 4.98 Å². The number of hydrogen-bond acceptors (Lipinski definition) is 4.